The Hall–Kier alpha value is -1.13. The minimum Gasteiger partial charge on any atom is -0.394 e. The lowest BCUT2D eigenvalue weighted by Gasteiger charge is -2.23. The third kappa shape index (κ3) is 2.03. The molecule has 1 fully saturated rings. The number of nitrogens with zero attached hydrogens (tertiary/aromatic N) is 2. The van der Waals surface area contributed by atoms with Gasteiger partial charge in [0.25, 0.3) is 5.91 Å². The highest BCUT2D eigenvalue weighted by Crippen LogP contribution is 2.22. The number of aromatic nitrogens is 1. The fourth-order valence-corrected chi connectivity index (χ4v) is 2.20. The number of carbonyl (C=O) groups excluding carboxylic acids is 1. The number of aliphatic hydroxyl groups is 1. The van der Waals surface area contributed by atoms with Crippen LogP contribution in [0.2, 0.25) is 5.02 Å². The van der Waals surface area contributed by atoms with Gasteiger partial charge in [-0.25, -0.2) is 0 Å². The van der Waals surface area contributed by atoms with Crippen molar-refractivity contribution in [3.05, 3.63) is 29.0 Å². The Kier molecular flexibility index (Phi) is 3.41. The number of rotatable bonds is 2. The van der Waals surface area contributed by atoms with Crippen LogP contribution < -0.4 is 0 Å². The number of likely N-dealkylation sites (tertiary alicyclic amines) is 1. The first kappa shape index (κ1) is 11.4. The molecule has 86 valence electrons. The first-order valence-corrected chi connectivity index (χ1v) is 5.63. The maximum atomic E-state index is 12.1. The van der Waals surface area contributed by atoms with Gasteiger partial charge in [0, 0.05) is 18.9 Å². The van der Waals surface area contributed by atoms with Crippen LogP contribution in [-0.4, -0.2) is 40.1 Å². The Morgan fingerprint density at radius 2 is 2.50 bits per heavy atom. The van der Waals surface area contributed by atoms with Crippen molar-refractivity contribution < 1.29 is 9.90 Å². The second-order valence-electron chi connectivity index (χ2n) is 3.83. The lowest BCUT2D eigenvalue weighted by molar-refractivity contribution is 0.0677. The molecule has 1 aromatic heterocycles. The molecular formula is C11H13ClN2O2. The van der Waals surface area contributed by atoms with Gasteiger partial charge >= 0.3 is 0 Å². The van der Waals surface area contributed by atoms with E-state index in [0.717, 1.165) is 12.8 Å². The molecule has 1 amide bonds. The molecule has 1 saturated heterocycles. The Morgan fingerprint density at radius 3 is 3.19 bits per heavy atom. The summed E-state index contributed by atoms with van der Waals surface area (Å²) in [5.41, 5.74) is 0.456. The lowest BCUT2D eigenvalue weighted by Crippen LogP contribution is -2.37. The summed E-state index contributed by atoms with van der Waals surface area (Å²) < 4.78 is 0. The van der Waals surface area contributed by atoms with E-state index in [9.17, 15) is 4.79 Å². The van der Waals surface area contributed by atoms with Gasteiger partial charge in [0.15, 0.2) is 0 Å². The number of pyridine rings is 1. The zero-order valence-corrected chi connectivity index (χ0v) is 9.52. The number of aliphatic hydroxyl groups excluding tert-OH is 1. The fraction of sp³-hybridized carbons (Fsp3) is 0.455. The zero-order chi connectivity index (χ0) is 11.5. The molecule has 0 aliphatic carbocycles. The summed E-state index contributed by atoms with van der Waals surface area (Å²) in [5, 5.41) is 9.52. The molecule has 1 aliphatic rings. The molecule has 4 nitrogen and oxygen atoms in total. The molecule has 1 aliphatic heterocycles. The van der Waals surface area contributed by atoms with Crippen LogP contribution in [0.3, 0.4) is 0 Å². The maximum Gasteiger partial charge on any atom is 0.255 e. The van der Waals surface area contributed by atoms with E-state index in [0.29, 0.717) is 17.1 Å². The highest BCUT2D eigenvalue weighted by atomic mass is 35.5. The molecule has 2 rings (SSSR count). The van der Waals surface area contributed by atoms with Gasteiger partial charge in [0.2, 0.25) is 0 Å². The summed E-state index contributed by atoms with van der Waals surface area (Å²) in [4.78, 5) is 17.7. The topological polar surface area (TPSA) is 53.4 Å². The molecular weight excluding hydrogens is 228 g/mol. The van der Waals surface area contributed by atoms with Crippen molar-refractivity contribution in [1.29, 1.82) is 0 Å². The SMILES string of the molecule is O=C(c1ccncc1Cl)N1CCC[C@@H]1CO. The summed E-state index contributed by atoms with van der Waals surface area (Å²) in [5.74, 6) is -0.121. The van der Waals surface area contributed by atoms with Crippen LogP contribution in [0.4, 0.5) is 0 Å². The van der Waals surface area contributed by atoms with E-state index in [4.69, 9.17) is 16.7 Å². The summed E-state index contributed by atoms with van der Waals surface area (Å²) in [7, 11) is 0. The van der Waals surface area contributed by atoms with E-state index in [1.165, 1.54) is 6.20 Å². The quantitative estimate of drug-likeness (QED) is 0.849. The summed E-state index contributed by atoms with van der Waals surface area (Å²) in [6.07, 6.45) is 4.78. The predicted molar refractivity (Wildman–Crippen MR) is 60.4 cm³/mol. The molecule has 5 heteroatoms. The van der Waals surface area contributed by atoms with Gasteiger partial charge in [0.1, 0.15) is 0 Å². The maximum absolute atomic E-state index is 12.1. The Morgan fingerprint density at radius 1 is 1.69 bits per heavy atom. The van der Waals surface area contributed by atoms with Gasteiger partial charge in [-0.15, -0.1) is 0 Å². The number of amides is 1. The Balaban J connectivity index is 2.22. The van der Waals surface area contributed by atoms with Gasteiger partial charge in [-0.2, -0.15) is 0 Å². The molecule has 1 N–H and O–H groups in total. The molecule has 1 atom stereocenters. The summed E-state index contributed by atoms with van der Waals surface area (Å²) in [6.45, 7) is 0.692. The molecule has 0 saturated carbocycles. The zero-order valence-electron chi connectivity index (χ0n) is 8.77. The molecule has 0 bridgehead atoms. The number of hydrogen-bond donors (Lipinski definition) is 1. The van der Waals surface area contributed by atoms with Crippen molar-refractivity contribution in [2.45, 2.75) is 18.9 Å². The van der Waals surface area contributed by atoms with Crippen LogP contribution in [0.25, 0.3) is 0 Å². The molecule has 0 aromatic carbocycles. The van der Waals surface area contributed by atoms with E-state index >= 15 is 0 Å². The molecule has 0 radical (unpaired) electrons. The standard InChI is InChI=1S/C11H13ClN2O2/c12-10-6-13-4-3-9(10)11(16)14-5-1-2-8(14)7-15/h3-4,6,8,15H,1-2,5,7H2/t8-/m1/s1. The fourth-order valence-electron chi connectivity index (χ4n) is 2.00. The normalized spacial score (nSPS) is 20.1. The van der Waals surface area contributed by atoms with E-state index in [2.05, 4.69) is 4.98 Å². The third-order valence-electron chi connectivity index (χ3n) is 2.85. The molecule has 2 heterocycles. The van der Waals surface area contributed by atoms with Crippen LogP contribution >= 0.6 is 11.6 Å². The average molecular weight is 241 g/mol. The first-order chi connectivity index (χ1) is 7.74. The van der Waals surface area contributed by atoms with Crippen LogP contribution in [0.1, 0.15) is 23.2 Å². The van der Waals surface area contributed by atoms with Crippen molar-refractivity contribution in [3.63, 3.8) is 0 Å². The van der Waals surface area contributed by atoms with Crippen LogP contribution in [0.15, 0.2) is 18.5 Å². The highest BCUT2D eigenvalue weighted by Gasteiger charge is 2.29. The number of carbonyl (C=O) groups is 1. The minimum absolute atomic E-state index is 0.00838. The molecule has 1 aromatic rings. The van der Waals surface area contributed by atoms with Crippen molar-refractivity contribution in [3.8, 4) is 0 Å². The second kappa shape index (κ2) is 4.80. The average Bonchev–Trinajstić information content (AvgIpc) is 2.77. The van der Waals surface area contributed by atoms with E-state index < -0.39 is 0 Å². The van der Waals surface area contributed by atoms with Crippen molar-refractivity contribution >= 4 is 17.5 Å². The van der Waals surface area contributed by atoms with Crippen LogP contribution in [0.5, 0.6) is 0 Å². The third-order valence-corrected chi connectivity index (χ3v) is 3.15. The number of halogens is 1. The Labute approximate surface area is 98.9 Å². The van der Waals surface area contributed by atoms with Crippen LogP contribution in [-0.2, 0) is 0 Å². The van der Waals surface area contributed by atoms with Crippen molar-refractivity contribution in [2.24, 2.45) is 0 Å². The Bertz CT molecular complexity index is 397. The lowest BCUT2D eigenvalue weighted by atomic mass is 10.2. The largest absolute Gasteiger partial charge is 0.394 e. The second-order valence-corrected chi connectivity index (χ2v) is 4.24. The summed E-state index contributed by atoms with van der Waals surface area (Å²) in [6, 6.07) is 1.54. The van der Waals surface area contributed by atoms with Gasteiger partial charge in [-0.3, -0.25) is 9.78 Å². The van der Waals surface area contributed by atoms with Crippen LogP contribution in [0, 0.1) is 0 Å². The molecule has 0 unspecified atom stereocenters. The van der Waals surface area contributed by atoms with E-state index in [-0.39, 0.29) is 18.6 Å². The van der Waals surface area contributed by atoms with Gasteiger partial charge in [0.05, 0.1) is 23.2 Å². The summed E-state index contributed by atoms with van der Waals surface area (Å²) >= 11 is 5.92. The van der Waals surface area contributed by atoms with Gasteiger partial charge in [-0.1, -0.05) is 11.6 Å². The van der Waals surface area contributed by atoms with Gasteiger partial charge in [-0.05, 0) is 18.9 Å². The van der Waals surface area contributed by atoms with E-state index in [1.807, 2.05) is 0 Å². The minimum atomic E-state index is -0.121. The first-order valence-electron chi connectivity index (χ1n) is 5.25. The number of hydrogen-bond acceptors (Lipinski definition) is 3. The van der Waals surface area contributed by atoms with E-state index in [1.54, 1.807) is 17.2 Å². The van der Waals surface area contributed by atoms with Crippen molar-refractivity contribution in [1.82, 2.24) is 9.88 Å². The van der Waals surface area contributed by atoms with Crippen molar-refractivity contribution in [2.75, 3.05) is 13.2 Å². The monoisotopic (exact) mass is 240 g/mol. The smallest absolute Gasteiger partial charge is 0.255 e. The molecule has 16 heavy (non-hydrogen) atoms. The van der Waals surface area contributed by atoms with Gasteiger partial charge < -0.3 is 10.0 Å². The highest BCUT2D eigenvalue weighted by molar-refractivity contribution is 6.33. The predicted octanol–water partition coefficient (Wildman–Crippen LogP) is 1.33. The molecule has 0 spiro atoms.